The molecule has 0 saturated carbocycles. The minimum Gasteiger partial charge on any atom is -0.334 e. The molecule has 5 nitrogen and oxygen atoms in total. The van der Waals surface area contributed by atoms with Gasteiger partial charge in [-0.2, -0.15) is 0 Å². The second kappa shape index (κ2) is 8.19. The average Bonchev–Trinajstić information content (AvgIpc) is 2.59. The molecule has 0 radical (unpaired) electrons. The van der Waals surface area contributed by atoms with Crippen molar-refractivity contribution in [1.29, 1.82) is 0 Å². The average molecular weight is 345 g/mol. The fraction of sp³-hybridized carbons (Fsp3) is 0.650. The smallest absolute Gasteiger partial charge is 0.319 e. The largest absolute Gasteiger partial charge is 0.334 e. The number of para-hydroxylation sites is 1. The second-order valence-electron chi connectivity index (χ2n) is 7.73. The lowest BCUT2D eigenvalue weighted by Crippen LogP contribution is -2.53. The van der Waals surface area contributed by atoms with Crippen molar-refractivity contribution in [3.05, 3.63) is 29.3 Å². The monoisotopic (exact) mass is 344 g/mol. The third-order valence-corrected chi connectivity index (χ3v) is 5.71. The molecule has 138 valence electrons. The van der Waals surface area contributed by atoms with Crippen LogP contribution in [0.5, 0.6) is 0 Å². The number of benzene rings is 1. The molecule has 25 heavy (non-hydrogen) atoms. The third-order valence-electron chi connectivity index (χ3n) is 5.71. The Labute approximate surface area is 151 Å². The molecule has 2 N–H and O–H groups in total. The van der Waals surface area contributed by atoms with Gasteiger partial charge in [-0.1, -0.05) is 18.2 Å². The zero-order chi connectivity index (χ0) is 17.8. The first kappa shape index (κ1) is 18.2. The number of nitrogens with one attached hydrogen (secondary N) is 2. The lowest BCUT2D eigenvalue weighted by Gasteiger charge is -2.41. The fourth-order valence-electron chi connectivity index (χ4n) is 4.16. The molecule has 0 spiro atoms. The van der Waals surface area contributed by atoms with Crippen LogP contribution < -0.4 is 10.6 Å². The Morgan fingerprint density at radius 2 is 1.76 bits per heavy atom. The molecular formula is C20H32N4O. The maximum Gasteiger partial charge on any atom is 0.319 e. The Balaban J connectivity index is 1.53. The minimum atomic E-state index is -0.0763. The van der Waals surface area contributed by atoms with Crippen LogP contribution in [-0.4, -0.2) is 61.1 Å². The molecule has 1 atom stereocenters. The maximum absolute atomic E-state index is 12.5. The summed E-state index contributed by atoms with van der Waals surface area (Å²) in [7, 11) is 2.20. The molecule has 0 aromatic heterocycles. The number of anilines is 1. The van der Waals surface area contributed by atoms with Gasteiger partial charge in [0.2, 0.25) is 0 Å². The van der Waals surface area contributed by atoms with E-state index in [9.17, 15) is 4.79 Å². The van der Waals surface area contributed by atoms with E-state index in [1.165, 1.54) is 38.9 Å². The molecule has 2 aliphatic rings. The first-order valence-corrected chi connectivity index (χ1v) is 9.59. The summed E-state index contributed by atoms with van der Waals surface area (Å²) in [5, 5.41) is 6.25. The van der Waals surface area contributed by atoms with Gasteiger partial charge in [0.15, 0.2) is 0 Å². The number of aryl methyl sites for hydroxylation is 2. The summed E-state index contributed by atoms with van der Waals surface area (Å²) in [6.07, 6.45) is 4.74. The highest BCUT2D eigenvalue weighted by Gasteiger charge is 2.28. The number of piperidine rings is 2. The van der Waals surface area contributed by atoms with Gasteiger partial charge < -0.3 is 15.5 Å². The van der Waals surface area contributed by atoms with Crippen molar-refractivity contribution in [3.63, 3.8) is 0 Å². The highest BCUT2D eigenvalue weighted by molar-refractivity contribution is 5.91. The summed E-state index contributed by atoms with van der Waals surface area (Å²) in [6, 6.07) is 6.94. The van der Waals surface area contributed by atoms with Crippen LogP contribution in [0.1, 0.15) is 36.8 Å². The fourth-order valence-corrected chi connectivity index (χ4v) is 4.16. The van der Waals surface area contributed by atoms with E-state index in [4.69, 9.17) is 0 Å². The maximum atomic E-state index is 12.5. The van der Waals surface area contributed by atoms with Crippen LogP contribution in [0.3, 0.4) is 0 Å². The van der Waals surface area contributed by atoms with Crippen molar-refractivity contribution in [2.24, 2.45) is 0 Å². The zero-order valence-electron chi connectivity index (χ0n) is 15.8. The molecule has 1 aromatic rings. The van der Waals surface area contributed by atoms with Gasteiger partial charge in [0.25, 0.3) is 0 Å². The SMILES string of the molecule is Cc1cccc(C)c1NC(=O)NC1CCCN(C2CCN(C)CC2)C1. The Hall–Kier alpha value is -1.59. The number of urea groups is 1. The van der Waals surface area contributed by atoms with E-state index in [0.29, 0.717) is 6.04 Å². The molecule has 2 fully saturated rings. The highest BCUT2D eigenvalue weighted by Crippen LogP contribution is 2.22. The van der Waals surface area contributed by atoms with Crippen molar-refractivity contribution in [2.45, 2.75) is 51.6 Å². The zero-order valence-corrected chi connectivity index (χ0v) is 15.8. The van der Waals surface area contributed by atoms with Gasteiger partial charge in [0, 0.05) is 24.3 Å². The summed E-state index contributed by atoms with van der Waals surface area (Å²) in [6.45, 7) is 8.59. The van der Waals surface area contributed by atoms with E-state index in [-0.39, 0.29) is 12.1 Å². The van der Waals surface area contributed by atoms with Gasteiger partial charge >= 0.3 is 6.03 Å². The lowest BCUT2D eigenvalue weighted by molar-refractivity contribution is 0.0900. The number of hydrogen-bond donors (Lipinski definition) is 2. The minimum absolute atomic E-state index is 0.0763. The number of hydrogen-bond acceptors (Lipinski definition) is 3. The number of nitrogens with zero attached hydrogens (tertiary/aromatic N) is 2. The van der Waals surface area contributed by atoms with Gasteiger partial charge in [0.1, 0.15) is 0 Å². The quantitative estimate of drug-likeness (QED) is 0.886. The van der Waals surface area contributed by atoms with E-state index in [0.717, 1.165) is 29.8 Å². The van der Waals surface area contributed by atoms with Crippen LogP contribution in [0.2, 0.25) is 0 Å². The van der Waals surface area contributed by atoms with Gasteiger partial charge in [-0.25, -0.2) is 4.79 Å². The first-order chi connectivity index (χ1) is 12.0. The van der Waals surface area contributed by atoms with E-state index < -0.39 is 0 Å². The molecule has 2 aliphatic heterocycles. The van der Waals surface area contributed by atoms with Crippen LogP contribution in [0.4, 0.5) is 10.5 Å². The molecular weight excluding hydrogens is 312 g/mol. The van der Waals surface area contributed by atoms with Crippen molar-refractivity contribution in [1.82, 2.24) is 15.1 Å². The molecule has 2 amide bonds. The van der Waals surface area contributed by atoms with E-state index in [2.05, 4.69) is 27.5 Å². The summed E-state index contributed by atoms with van der Waals surface area (Å²) in [5.41, 5.74) is 3.14. The topological polar surface area (TPSA) is 47.6 Å². The predicted molar refractivity (Wildman–Crippen MR) is 103 cm³/mol. The van der Waals surface area contributed by atoms with E-state index >= 15 is 0 Å². The summed E-state index contributed by atoms with van der Waals surface area (Å²) >= 11 is 0. The lowest BCUT2D eigenvalue weighted by atomic mass is 9.98. The Morgan fingerprint density at radius 3 is 2.44 bits per heavy atom. The number of likely N-dealkylation sites (tertiary alicyclic amines) is 2. The molecule has 5 heteroatoms. The Bertz CT molecular complexity index is 575. The number of carbonyl (C=O) groups is 1. The van der Waals surface area contributed by atoms with Crippen LogP contribution in [0, 0.1) is 13.8 Å². The van der Waals surface area contributed by atoms with Crippen LogP contribution >= 0.6 is 0 Å². The van der Waals surface area contributed by atoms with Crippen molar-refractivity contribution in [3.8, 4) is 0 Å². The molecule has 3 rings (SSSR count). The van der Waals surface area contributed by atoms with Crippen LogP contribution in [0.15, 0.2) is 18.2 Å². The van der Waals surface area contributed by atoms with Gasteiger partial charge in [0.05, 0.1) is 0 Å². The second-order valence-corrected chi connectivity index (χ2v) is 7.73. The van der Waals surface area contributed by atoms with Gasteiger partial charge in [-0.15, -0.1) is 0 Å². The molecule has 2 saturated heterocycles. The molecule has 0 aliphatic carbocycles. The first-order valence-electron chi connectivity index (χ1n) is 9.59. The third kappa shape index (κ3) is 4.73. The van der Waals surface area contributed by atoms with E-state index in [1.54, 1.807) is 0 Å². The summed E-state index contributed by atoms with van der Waals surface area (Å²) < 4.78 is 0. The standard InChI is InChI=1S/C20H32N4O/c1-15-6-4-7-16(2)19(15)22-20(25)21-17-8-5-11-24(14-17)18-9-12-23(3)13-10-18/h4,6-7,17-18H,5,8-14H2,1-3H3,(H2,21,22,25). The summed E-state index contributed by atoms with van der Waals surface area (Å²) in [5.74, 6) is 0. The molecule has 0 bridgehead atoms. The Morgan fingerprint density at radius 1 is 1.08 bits per heavy atom. The van der Waals surface area contributed by atoms with Gasteiger partial charge in [-0.3, -0.25) is 4.90 Å². The molecule has 1 aromatic carbocycles. The van der Waals surface area contributed by atoms with Gasteiger partial charge in [-0.05, 0) is 77.3 Å². The molecule has 2 heterocycles. The number of rotatable bonds is 3. The number of amides is 2. The predicted octanol–water partition coefficient (Wildman–Crippen LogP) is 2.98. The summed E-state index contributed by atoms with van der Waals surface area (Å²) in [4.78, 5) is 17.5. The van der Waals surface area contributed by atoms with Crippen LogP contribution in [0.25, 0.3) is 0 Å². The Kier molecular flexibility index (Phi) is 5.97. The van der Waals surface area contributed by atoms with E-state index in [1.807, 2.05) is 32.0 Å². The number of carbonyl (C=O) groups excluding carboxylic acids is 1. The van der Waals surface area contributed by atoms with Crippen LogP contribution in [-0.2, 0) is 0 Å². The van der Waals surface area contributed by atoms with Crippen molar-refractivity contribution >= 4 is 11.7 Å². The van der Waals surface area contributed by atoms with Crippen molar-refractivity contribution < 1.29 is 4.79 Å². The molecule has 1 unspecified atom stereocenters. The van der Waals surface area contributed by atoms with Crippen molar-refractivity contribution in [2.75, 3.05) is 38.5 Å². The normalized spacial score (nSPS) is 23.4. The highest BCUT2D eigenvalue weighted by atomic mass is 16.2.